The van der Waals surface area contributed by atoms with Crippen LogP contribution >= 0.6 is 0 Å². The molecule has 20 heavy (non-hydrogen) atoms. The number of carboxylic acids is 1. The second kappa shape index (κ2) is 6.89. The van der Waals surface area contributed by atoms with Crippen LogP contribution in [-0.4, -0.2) is 35.1 Å². The summed E-state index contributed by atoms with van der Waals surface area (Å²) in [5, 5.41) is 9.31. The van der Waals surface area contributed by atoms with E-state index in [1.807, 2.05) is 6.07 Å². The Morgan fingerprint density at radius 1 is 1.35 bits per heavy atom. The van der Waals surface area contributed by atoms with Crippen LogP contribution in [0.1, 0.15) is 44.6 Å². The molecule has 1 N–H and O–H groups in total. The molecule has 110 valence electrons. The lowest BCUT2D eigenvalue weighted by atomic mass is 9.89. The third kappa shape index (κ3) is 3.83. The molecule has 1 aromatic carbocycles. The summed E-state index contributed by atoms with van der Waals surface area (Å²) in [7, 11) is 0. The van der Waals surface area contributed by atoms with Crippen molar-refractivity contribution in [3.63, 3.8) is 0 Å². The van der Waals surface area contributed by atoms with Crippen molar-refractivity contribution in [3.8, 4) is 0 Å². The minimum Gasteiger partial charge on any atom is -0.480 e. The summed E-state index contributed by atoms with van der Waals surface area (Å²) in [5.74, 6) is 0.376. The van der Waals surface area contributed by atoms with Crippen LogP contribution in [-0.2, 0) is 4.79 Å². The number of hydrogen-bond acceptors (Lipinski definition) is 2. The predicted octanol–water partition coefficient (Wildman–Crippen LogP) is 3.37. The lowest BCUT2D eigenvalue weighted by Gasteiger charge is -2.28. The van der Waals surface area contributed by atoms with Gasteiger partial charge in [0, 0.05) is 6.54 Å². The molecule has 3 heteroatoms. The zero-order valence-electron chi connectivity index (χ0n) is 12.5. The van der Waals surface area contributed by atoms with E-state index in [1.165, 1.54) is 5.56 Å². The van der Waals surface area contributed by atoms with E-state index in [1.54, 1.807) is 0 Å². The molecule has 0 amide bonds. The van der Waals surface area contributed by atoms with E-state index in [2.05, 4.69) is 43.0 Å². The van der Waals surface area contributed by atoms with Gasteiger partial charge < -0.3 is 5.11 Å². The fourth-order valence-electron chi connectivity index (χ4n) is 3.22. The Labute approximate surface area is 121 Å². The van der Waals surface area contributed by atoms with Crippen LogP contribution in [0, 0.1) is 5.92 Å². The fourth-order valence-corrected chi connectivity index (χ4v) is 3.22. The van der Waals surface area contributed by atoms with Crippen LogP contribution in [0.5, 0.6) is 0 Å². The number of carboxylic acid groups (broad SMARTS) is 1. The molecule has 1 heterocycles. The van der Waals surface area contributed by atoms with Gasteiger partial charge in [-0.3, -0.25) is 9.69 Å². The van der Waals surface area contributed by atoms with Gasteiger partial charge in [-0.2, -0.15) is 0 Å². The Morgan fingerprint density at radius 2 is 2.05 bits per heavy atom. The summed E-state index contributed by atoms with van der Waals surface area (Å²) in [6.07, 6.45) is 2.89. The molecule has 1 saturated heterocycles. The maximum absolute atomic E-state index is 11.3. The highest BCUT2D eigenvalue weighted by atomic mass is 16.4. The van der Waals surface area contributed by atoms with E-state index in [4.69, 9.17) is 0 Å². The van der Waals surface area contributed by atoms with Gasteiger partial charge in [-0.05, 0) is 43.2 Å². The van der Waals surface area contributed by atoms with Crippen LogP contribution in [0.3, 0.4) is 0 Å². The summed E-state index contributed by atoms with van der Waals surface area (Å²) in [6, 6.07) is 10.2. The SMILES string of the molecule is CC(C)CC(CN1CCC[C@@H]1C(=O)O)c1ccccc1. The average Bonchev–Trinajstić information content (AvgIpc) is 2.87. The zero-order chi connectivity index (χ0) is 14.5. The van der Waals surface area contributed by atoms with Gasteiger partial charge in [0.25, 0.3) is 0 Å². The molecule has 1 aromatic rings. The highest BCUT2D eigenvalue weighted by Gasteiger charge is 2.32. The summed E-state index contributed by atoms with van der Waals surface area (Å²) in [4.78, 5) is 13.5. The number of aliphatic carboxylic acids is 1. The maximum Gasteiger partial charge on any atom is 0.320 e. The molecule has 1 unspecified atom stereocenters. The Bertz CT molecular complexity index is 430. The standard InChI is InChI=1S/C17H25NO2/c1-13(2)11-15(14-7-4-3-5-8-14)12-18-10-6-9-16(18)17(19)20/h3-5,7-8,13,15-16H,6,9-12H2,1-2H3,(H,19,20)/t15?,16-/m1/s1. The number of rotatable bonds is 6. The van der Waals surface area contributed by atoms with Crippen LogP contribution in [0.2, 0.25) is 0 Å². The van der Waals surface area contributed by atoms with E-state index in [0.717, 1.165) is 32.4 Å². The van der Waals surface area contributed by atoms with Crippen molar-refractivity contribution >= 4 is 5.97 Å². The first-order valence-electron chi connectivity index (χ1n) is 7.59. The second-order valence-electron chi connectivity index (χ2n) is 6.23. The van der Waals surface area contributed by atoms with Gasteiger partial charge in [0.1, 0.15) is 6.04 Å². The van der Waals surface area contributed by atoms with E-state index in [9.17, 15) is 9.90 Å². The lowest BCUT2D eigenvalue weighted by Crippen LogP contribution is -2.38. The largest absolute Gasteiger partial charge is 0.480 e. The van der Waals surface area contributed by atoms with Crippen LogP contribution < -0.4 is 0 Å². The van der Waals surface area contributed by atoms with Crippen molar-refractivity contribution in [3.05, 3.63) is 35.9 Å². The Balaban J connectivity index is 2.10. The van der Waals surface area contributed by atoms with Crippen LogP contribution in [0.4, 0.5) is 0 Å². The van der Waals surface area contributed by atoms with Crippen molar-refractivity contribution in [2.24, 2.45) is 5.92 Å². The number of hydrogen-bond donors (Lipinski definition) is 1. The quantitative estimate of drug-likeness (QED) is 0.865. The molecular weight excluding hydrogens is 250 g/mol. The Kier molecular flexibility index (Phi) is 5.18. The van der Waals surface area contributed by atoms with Crippen molar-refractivity contribution in [1.29, 1.82) is 0 Å². The lowest BCUT2D eigenvalue weighted by molar-refractivity contribution is -0.142. The first kappa shape index (κ1) is 15.0. The maximum atomic E-state index is 11.3. The summed E-state index contributed by atoms with van der Waals surface area (Å²) >= 11 is 0. The van der Waals surface area contributed by atoms with E-state index < -0.39 is 5.97 Å². The van der Waals surface area contributed by atoms with Gasteiger partial charge in [0.05, 0.1) is 0 Å². The van der Waals surface area contributed by atoms with Gasteiger partial charge in [-0.1, -0.05) is 44.2 Å². The monoisotopic (exact) mass is 275 g/mol. The molecule has 1 aliphatic heterocycles. The molecule has 2 atom stereocenters. The van der Waals surface area contributed by atoms with Crippen molar-refractivity contribution in [1.82, 2.24) is 4.90 Å². The van der Waals surface area contributed by atoms with Gasteiger partial charge >= 0.3 is 5.97 Å². The van der Waals surface area contributed by atoms with E-state index in [-0.39, 0.29) is 6.04 Å². The number of likely N-dealkylation sites (tertiary alicyclic amines) is 1. The summed E-state index contributed by atoms with van der Waals surface area (Å²) < 4.78 is 0. The fraction of sp³-hybridized carbons (Fsp3) is 0.588. The van der Waals surface area contributed by atoms with E-state index >= 15 is 0 Å². The zero-order valence-corrected chi connectivity index (χ0v) is 12.5. The van der Waals surface area contributed by atoms with Gasteiger partial charge in [0.15, 0.2) is 0 Å². The van der Waals surface area contributed by atoms with Crippen molar-refractivity contribution in [2.75, 3.05) is 13.1 Å². The third-order valence-electron chi connectivity index (χ3n) is 4.13. The predicted molar refractivity (Wildman–Crippen MR) is 80.9 cm³/mol. The highest BCUT2D eigenvalue weighted by Crippen LogP contribution is 2.28. The smallest absolute Gasteiger partial charge is 0.320 e. The molecule has 0 bridgehead atoms. The third-order valence-corrected chi connectivity index (χ3v) is 4.13. The second-order valence-corrected chi connectivity index (χ2v) is 6.23. The molecule has 2 rings (SSSR count). The molecule has 0 aromatic heterocycles. The number of nitrogens with zero attached hydrogens (tertiary/aromatic N) is 1. The van der Waals surface area contributed by atoms with E-state index in [0.29, 0.717) is 11.8 Å². The molecule has 0 saturated carbocycles. The molecule has 1 fully saturated rings. The number of benzene rings is 1. The Hall–Kier alpha value is -1.35. The molecule has 3 nitrogen and oxygen atoms in total. The minimum absolute atomic E-state index is 0.284. The molecule has 0 radical (unpaired) electrons. The minimum atomic E-state index is -0.668. The normalized spacial score (nSPS) is 21.2. The Morgan fingerprint density at radius 3 is 2.65 bits per heavy atom. The molecular formula is C17H25NO2. The van der Waals surface area contributed by atoms with Gasteiger partial charge in [-0.25, -0.2) is 0 Å². The van der Waals surface area contributed by atoms with Crippen molar-refractivity contribution < 1.29 is 9.90 Å². The molecule has 0 aliphatic carbocycles. The van der Waals surface area contributed by atoms with Crippen LogP contribution in [0.15, 0.2) is 30.3 Å². The van der Waals surface area contributed by atoms with Crippen molar-refractivity contribution in [2.45, 2.75) is 45.1 Å². The molecule has 0 spiro atoms. The first-order valence-corrected chi connectivity index (χ1v) is 7.59. The topological polar surface area (TPSA) is 40.5 Å². The molecule has 1 aliphatic rings. The average molecular weight is 275 g/mol. The first-order chi connectivity index (χ1) is 9.58. The van der Waals surface area contributed by atoms with Gasteiger partial charge in [0.2, 0.25) is 0 Å². The number of carbonyl (C=O) groups is 1. The van der Waals surface area contributed by atoms with Crippen LogP contribution in [0.25, 0.3) is 0 Å². The summed E-state index contributed by atoms with van der Waals surface area (Å²) in [5.41, 5.74) is 1.33. The highest BCUT2D eigenvalue weighted by molar-refractivity contribution is 5.73. The summed E-state index contributed by atoms with van der Waals surface area (Å²) in [6.45, 7) is 6.24. The van der Waals surface area contributed by atoms with Gasteiger partial charge in [-0.15, -0.1) is 0 Å².